The van der Waals surface area contributed by atoms with E-state index < -0.39 is 0 Å². The van der Waals surface area contributed by atoms with Crippen LogP contribution in [0.1, 0.15) is 18.5 Å². The van der Waals surface area contributed by atoms with Crippen molar-refractivity contribution in [2.24, 2.45) is 5.92 Å². The predicted octanol–water partition coefficient (Wildman–Crippen LogP) is 3.15. The van der Waals surface area contributed by atoms with E-state index in [4.69, 9.17) is 0 Å². The average Bonchev–Trinajstić information content (AvgIpc) is 2.68. The van der Waals surface area contributed by atoms with E-state index in [0.717, 1.165) is 53.7 Å². The van der Waals surface area contributed by atoms with E-state index >= 15 is 0 Å². The van der Waals surface area contributed by atoms with Gasteiger partial charge in [0.15, 0.2) is 0 Å². The van der Waals surface area contributed by atoms with Crippen LogP contribution in [-0.2, 0) is 11.2 Å². The quantitative estimate of drug-likeness (QED) is 0.726. The fourth-order valence-corrected chi connectivity index (χ4v) is 3.54. The molecule has 1 aliphatic heterocycles. The molecule has 0 spiro atoms. The molecule has 3 aromatic rings. The van der Waals surface area contributed by atoms with Gasteiger partial charge in [0, 0.05) is 47.6 Å². The number of carbonyl (C=O) groups excluding carboxylic acids is 1. The number of benzene rings is 1. The maximum absolute atomic E-state index is 12.6. The summed E-state index contributed by atoms with van der Waals surface area (Å²) < 4.78 is 0. The molecule has 0 amide bonds. The molecule has 0 radical (unpaired) electrons. The lowest BCUT2D eigenvalue weighted by Gasteiger charge is -2.27. The summed E-state index contributed by atoms with van der Waals surface area (Å²) >= 11 is 0. The highest BCUT2D eigenvalue weighted by Crippen LogP contribution is 2.24. The van der Waals surface area contributed by atoms with E-state index in [9.17, 15) is 4.79 Å². The van der Waals surface area contributed by atoms with Crippen LogP contribution in [0.15, 0.2) is 49.1 Å². The van der Waals surface area contributed by atoms with E-state index in [1.165, 1.54) is 0 Å². The average molecular weight is 346 g/mol. The molecule has 0 N–H and O–H groups in total. The first kappa shape index (κ1) is 16.8. The van der Waals surface area contributed by atoms with Gasteiger partial charge in [0.25, 0.3) is 0 Å². The minimum Gasteiger partial charge on any atom is -0.306 e. The largest absolute Gasteiger partial charge is 0.306 e. The fourth-order valence-electron chi connectivity index (χ4n) is 3.54. The second-order valence-corrected chi connectivity index (χ2v) is 7.05. The van der Waals surface area contributed by atoms with Gasteiger partial charge in [-0.2, -0.15) is 0 Å². The molecule has 0 atom stereocenters. The summed E-state index contributed by atoms with van der Waals surface area (Å²) in [7, 11) is 2.11. The van der Waals surface area contributed by atoms with Crippen LogP contribution in [0.5, 0.6) is 0 Å². The van der Waals surface area contributed by atoms with Crippen molar-refractivity contribution in [2.75, 3.05) is 20.1 Å². The van der Waals surface area contributed by atoms with Crippen molar-refractivity contribution in [3.63, 3.8) is 0 Å². The van der Waals surface area contributed by atoms with Crippen LogP contribution < -0.4 is 0 Å². The highest BCUT2D eigenvalue weighted by atomic mass is 16.1. The minimum absolute atomic E-state index is 0.176. The predicted molar refractivity (Wildman–Crippen MR) is 102 cm³/mol. The van der Waals surface area contributed by atoms with Gasteiger partial charge in [-0.1, -0.05) is 12.1 Å². The van der Waals surface area contributed by atoms with Gasteiger partial charge in [-0.05, 0) is 50.5 Å². The van der Waals surface area contributed by atoms with Crippen molar-refractivity contribution in [1.82, 2.24) is 19.9 Å². The van der Waals surface area contributed by atoms with Crippen molar-refractivity contribution in [3.05, 3.63) is 54.7 Å². The molecule has 0 bridgehead atoms. The number of nitrogens with zero attached hydrogens (tertiary/aromatic N) is 4. The van der Waals surface area contributed by atoms with Crippen molar-refractivity contribution in [2.45, 2.75) is 19.3 Å². The van der Waals surface area contributed by atoms with Crippen molar-refractivity contribution in [3.8, 4) is 11.3 Å². The first-order valence-corrected chi connectivity index (χ1v) is 9.05. The van der Waals surface area contributed by atoms with Gasteiger partial charge in [-0.3, -0.25) is 19.7 Å². The third-order valence-corrected chi connectivity index (χ3v) is 5.17. The molecule has 1 fully saturated rings. The van der Waals surface area contributed by atoms with Crippen LogP contribution >= 0.6 is 0 Å². The van der Waals surface area contributed by atoms with Crippen LogP contribution in [0.4, 0.5) is 0 Å². The Kier molecular flexibility index (Phi) is 4.71. The lowest BCUT2D eigenvalue weighted by molar-refractivity contribution is -0.123. The fraction of sp³-hybridized carbons (Fsp3) is 0.333. The Bertz CT molecular complexity index is 918. The van der Waals surface area contributed by atoms with Gasteiger partial charge in [0.1, 0.15) is 5.78 Å². The maximum atomic E-state index is 12.6. The normalized spacial score (nSPS) is 16.0. The van der Waals surface area contributed by atoms with Gasteiger partial charge < -0.3 is 4.90 Å². The van der Waals surface area contributed by atoms with Gasteiger partial charge in [-0.25, -0.2) is 0 Å². The highest BCUT2D eigenvalue weighted by molar-refractivity contribution is 5.88. The molecule has 0 saturated carbocycles. The summed E-state index contributed by atoms with van der Waals surface area (Å²) in [6.45, 7) is 2.01. The Hall–Kier alpha value is -2.66. The minimum atomic E-state index is 0.176. The molecule has 5 nitrogen and oxygen atoms in total. The molecule has 2 aromatic heterocycles. The van der Waals surface area contributed by atoms with Crippen molar-refractivity contribution in [1.29, 1.82) is 0 Å². The monoisotopic (exact) mass is 346 g/mol. The number of ketones is 1. The second-order valence-electron chi connectivity index (χ2n) is 7.05. The zero-order valence-electron chi connectivity index (χ0n) is 14.9. The summed E-state index contributed by atoms with van der Waals surface area (Å²) in [6, 6.07) is 8.18. The SMILES string of the molecule is CN1CCC(C(=O)Cc2cc3cc(-c4cnccn4)ccc3cn2)CC1. The molecule has 26 heavy (non-hydrogen) atoms. The van der Waals surface area contributed by atoms with Crippen LogP contribution in [-0.4, -0.2) is 45.8 Å². The molecule has 1 aromatic carbocycles. The Morgan fingerprint density at radius 1 is 1.08 bits per heavy atom. The number of fused-ring (bicyclic) bond motifs is 1. The van der Waals surface area contributed by atoms with Crippen LogP contribution in [0.25, 0.3) is 22.0 Å². The van der Waals surface area contributed by atoms with E-state index in [-0.39, 0.29) is 5.92 Å². The molecule has 1 saturated heterocycles. The summed E-state index contributed by atoms with van der Waals surface area (Å²) in [5.74, 6) is 0.490. The summed E-state index contributed by atoms with van der Waals surface area (Å²) in [5.41, 5.74) is 2.71. The smallest absolute Gasteiger partial charge is 0.142 e. The number of pyridine rings is 1. The molecular formula is C21H22N4O. The van der Waals surface area contributed by atoms with Crippen LogP contribution in [0, 0.1) is 5.92 Å². The Morgan fingerprint density at radius 3 is 2.69 bits per heavy atom. The van der Waals surface area contributed by atoms with E-state index in [0.29, 0.717) is 12.2 Å². The number of piperidine rings is 1. The van der Waals surface area contributed by atoms with E-state index in [1.54, 1.807) is 18.6 Å². The summed E-state index contributed by atoms with van der Waals surface area (Å²) in [6.07, 6.45) is 9.30. The number of likely N-dealkylation sites (tertiary alicyclic amines) is 1. The summed E-state index contributed by atoms with van der Waals surface area (Å²) in [4.78, 5) is 27.9. The topological polar surface area (TPSA) is 59.0 Å². The molecular weight excluding hydrogens is 324 g/mol. The van der Waals surface area contributed by atoms with Crippen molar-refractivity contribution < 1.29 is 4.79 Å². The standard InChI is InChI=1S/C21H22N4O/c1-25-8-4-15(5-9-25)21(26)12-19-11-18-10-16(2-3-17(18)13-24-19)20-14-22-6-7-23-20/h2-3,6-7,10-11,13-15H,4-5,8-9,12H2,1H3. The third-order valence-electron chi connectivity index (χ3n) is 5.17. The van der Waals surface area contributed by atoms with Gasteiger partial charge in [0.2, 0.25) is 0 Å². The van der Waals surface area contributed by atoms with Crippen LogP contribution in [0.3, 0.4) is 0 Å². The molecule has 0 aliphatic carbocycles. The zero-order chi connectivity index (χ0) is 17.9. The number of Topliss-reactive ketones (excluding diaryl/α,β-unsaturated/α-hetero) is 1. The maximum Gasteiger partial charge on any atom is 0.142 e. The lowest BCUT2D eigenvalue weighted by atomic mass is 9.90. The Morgan fingerprint density at radius 2 is 1.92 bits per heavy atom. The second kappa shape index (κ2) is 7.30. The summed E-state index contributed by atoms with van der Waals surface area (Å²) in [5, 5.41) is 2.14. The van der Waals surface area contributed by atoms with Crippen LogP contribution in [0.2, 0.25) is 0 Å². The van der Waals surface area contributed by atoms with Gasteiger partial charge in [0.05, 0.1) is 11.9 Å². The number of hydrogen-bond acceptors (Lipinski definition) is 5. The first-order valence-electron chi connectivity index (χ1n) is 9.05. The Labute approximate surface area is 153 Å². The number of carbonyl (C=O) groups is 1. The van der Waals surface area contributed by atoms with Crippen molar-refractivity contribution >= 4 is 16.6 Å². The van der Waals surface area contributed by atoms with E-state index in [1.807, 2.05) is 24.4 Å². The number of rotatable bonds is 4. The molecule has 0 unspecified atom stereocenters. The Balaban J connectivity index is 1.55. The van der Waals surface area contributed by atoms with Gasteiger partial charge in [-0.15, -0.1) is 0 Å². The molecule has 4 rings (SSSR count). The molecule has 132 valence electrons. The number of hydrogen-bond donors (Lipinski definition) is 0. The molecule has 3 heterocycles. The lowest BCUT2D eigenvalue weighted by Crippen LogP contribution is -2.34. The third kappa shape index (κ3) is 3.63. The highest BCUT2D eigenvalue weighted by Gasteiger charge is 2.23. The van der Waals surface area contributed by atoms with E-state index in [2.05, 4.69) is 33.0 Å². The molecule has 1 aliphatic rings. The zero-order valence-corrected chi connectivity index (χ0v) is 14.9. The van der Waals surface area contributed by atoms with Gasteiger partial charge >= 0.3 is 0 Å². The number of aromatic nitrogens is 3. The molecule has 5 heteroatoms. The first-order chi connectivity index (χ1) is 12.7.